The van der Waals surface area contributed by atoms with Crippen LogP contribution in [0.15, 0.2) is 22.8 Å². The van der Waals surface area contributed by atoms with Gasteiger partial charge in [0.1, 0.15) is 5.76 Å². The molecule has 1 aromatic rings. The Morgan fingerprint density at radius 2 is 2.20 bits per heavy atom. The maximum Gasteiger partial charge on any atom is 0.117 e. The van der Waals surface area contributed by atoms with Gasteiger partial charge in [0.05, 0.1) is 12.8 Å². The fraction of sp³-hybridized carbons (Fsp3) is 0.692. The van der Waals surface area contributed by atoms with Crippen LogP contribution >= 0.6 is 0 Å². The molecule has 15 heavy (non-hydrogen) atoms. The van der Waals surface area contributed by atoms with Crippen molar-refractivity contribution in [2.75, 3.05) is 6.54 Å². The lowest BCUT2D eigenvalue weighted by atomic mass is 10.0. The maximum atomic E-state index is 5.25. The smallest absolute Gasteiger partial charge is 0.117 e. The zero-order chi connectivity index (χ0) is 10.3. The summed E-state index contributed by atoms with van der Waals surface area (Å²) in [6, 6.07) is 3.96. The molecule has 2 nitrogen and oxygen atoms in total. The highest BCUT2D eigenvalue weighted by atomic mass is 16.3. The quantitative estimate of drug-likeness (QED) is 0.724. The Morgan fingerprint density at radius 1 is 1.33 bits per heavy atom. The number of furan rings is 1. The number of nitrogens with one attached hydrogen (secondary N) is 1. The van der Waals surface area contributed by atoms with Crippen molar-refractivity contribution >= 4 is 0 Å². The Balaban J connectivity index is 1.48. The van der Waals surface area contributed by atoms with Gasteiger partial charge in [-0.3, -0.25) is 0 Å². The van der Waals surface area contributed by atoms with E-state index in [-0.39, 0.29) is 0 Å². The van der Waals surface area contributed by atoms with Crippen LogP contribution in [0.25, 0.3) is 0 Å². The van der Waals surface area contributed by atoms with E-state index in [1.807, 2.05) is 12.1 Å². The Bertz CT molecular complexity index is 250. The average Bonchev–Trinajstić information content (AvgIpc) is 2.88. The van der Waals surface area contributed by atoms with Crippen LogP contribution in [-0.2, 0) is 6.54 Å². The molecule has 0 atom stereocenters. The van der Waals surface area contributed by atoms with Gasteiger partial charge in [-0.25, -0.2) is 0 Å². The lowest BCUT2D eigenvalue weighted by Gasteiger charge is -2.08. The third kappa shape index (κ3) is 3.71. The summed E-state index contributed by atoms with van der Waals surface area (Å²) < 4.78 is 5.25. The number of hydrogen-bond acceptors (Lipinski definition) is 2. The molecule has 1 N–H and O–H groups in total. The Hall–Kier alpha value is -0.760. The molecule has 0 saturated heterocycles. The van der Waals surface area contributed by atoms with Gasteiger partial charge in [0.2, 0.25) is 0 Å². The summed E-state index contributed by atoms with van der Waals surface area (Å²) in [5.41, 5.74) is 0. The molecule has 0 bridgehead atoms. The van der Waals surface area contributed by atoms with Crippen LogP contribution in [0.4, 0.5) is 0 Å². The molecule has 2 rings (SSSR count). The van der Waals surface area contributed by atoms with Gasteiger partial charge in [0.25, 0.3) is 0 Å². The third-order valence-electron chi connectivity index (χ3n) is 3.32. The first kappa shape index (κ1) is 10.7. The van der Waals surface area contributed by atoms with Gasteiger partial charge < -0.3 is 9.73 Å². The predicted octanol–water partition coefficient (Wildman–Crippen LogP) is 3.34. The first-order chi connectivity index (χ1) is 7.45. The monoisotopic (exact) mass is 207 g/mol. The Labute approximate surface area is 92.1 Å². The normalized spacial score (nSPS) is 17.3. The van der Waals surface area contributed by atoms with Gasteiger partial charge >= 0.3 is 0 Å². The molecule has 0 amide bonds. The largest absolute Gasteiger partial charge is 0.468 e. The van der Waals surface area contributed by atoms with E-state index in [1.54, 1.807) is 6.26 Å². The fourth-order valence-corrected chi connectivity index (χ4v) is 2.44. The van der Waals surface area contributed by atoms with E-state index in [9.17, 15) is 0 Å². The summed E-state index contributed by atoms with van der Waals surface area (Å²) in [6.07, 6.45) is 10.3. The van der Waals surface area contributed by atoms with E-state index in [0.29, 0.717) is 0 Å². The van der Waals surface area contributed by atoms with Crippen LogP contribution in [0, 0.1) is 5.92 Å². The highest BCUT2D eigenvalue weighted by Crippen LogP contribution is 2.28. The fourth-order valence-electron chi connectivity index (χ4n) is 2.44. The minimum Gasteiger partial charge on any atom is -0.468 e. The molecule has 1 saturated carbocycles. The minimum absolute atomic E-state index is 0.873. The highest BCUT2D eigenvalue weighted by Gasteiger charge is 2.13. The van der Waals surface area contributed by atoms with Crippen molar-refractivity contribution in [3.63, 3.8) is 0 Å². The second kappa shape index (κ2) is 5.96. The third-order valence-corrected chi connectivity index (χ3v) is 3.32. The van der Waals surface area contributed by atoms with Crippen LogP contribution in [0.1, 0.15) is 44.3 Å². The Morgan fingerprint density at radius 3 is 2.93 bits per heavy atom. The average molecular weight is 207 g/mol. The van der Waals surface area contributed by atoms with Crippen molar-refractivity contribution in [3.8, 4) is 0 Å². The predicted molar refractivity (Wildman–Crippen MR) is 61.6 cm³/mol. The maximum absolute atomic E-state index is 5.25. The van der Waals surface area contributed by atoms with Gasteiger partial charge in [-0.05, 0) is 37.4 Å². The van der Waals surface area contributed by atoms with Crippen LogP contribution in [0.3, 0.4) is 0 Å². The van der Waals surface area contributed by atoms with E-state index in [1.165, 1.54) is 38.5 Å². The molecule has 1 fully saturated rings. The molecule has 0 radical (unpaired) electrons. The Kier molecular flexibility index (Phi) is 4.27. The number of rotatable bonds is 6. The van der Waals surface area contributed by atoms with E-state index in [2.05, 4.69) is 5.32 Å². The first-order valence-electron chi connectivity index (χ1n) is 6.18. The van der Waals surface area contributed by atoms with Crippen molar-refractivity contribution in [2.45, 2.75) is 45.1 Å². The molecular formula is C13H21NO. The standard InChI is InChI=1S/C13H21NO/c1-2-6-12(5-1)7-3-9-14-11-13-8-4-10-15-13/h4,8,10,12,14H,1-3,5-7,9,11H2. The lowest BCUT2D eigenvalue weighted by molar-refractivity contribution is 0.450. The SMILES string of the molecule is c1coc(CNCCCC2CCCC2)c1. The van der Waals surface area contributed by atoms with Gasteiger partial charge in [0, 0.05) is 0 Å². The summed E-state index contributed by atoms with van der Waals surface area (Å²) in [5, 5.41) is 3.42. The summed E-state index contributed by atoms with van der Waals surface area (Å²) in [6.45, 7) is 1.99. The molecule has 84 valence electrons. The van der Waals surface area contributed by atoms with Gasteiger partial charge in [0.15, 0.2) is 0 Å². The number of hydrogen-bond donors (Lipinski definition) is 1. The summed E-state index contributed by atoms with van der Waals surface area (Å²) >= 11 is 0. The zero-order valence-electron chi connectivity index (χ0n) is 9.37. The zero-order valence-corrected chi connectivity index (χ0v) is 9.37. The molecule has 1 aromatic heterocycles. The van der Waals surface area contributed by atoms with Crippen LogP contribution in [0.2, 0.25) is 0 Å². The van der Waals surface area contributed by atoms with Crippen LogP contribution in [0.5, 0.6) is 0 Å². The van der Waals surface area contributed by atoms with Crippen molar-refractivity contribution < 1.29 is 4.42 Å². The van der Waals surface area contributed by atoms with E-state index < -0.39 is 0 Å². The molecule has 0 unspecified atom stereocenters. The van der Waals surface area contributed by atoms with Crippen LogP contribution in [-0.4, -0.2) is 6.54 Å². The van der Waals surface area contributed by atoms with E-state index in [0.717, 1.165) is 24.8 Å². The summed E-state index contributed by atoms with van der Waals surface area (Å²) in [5.74, 6) is 2.06. The molecule has 0 aliphatic heterocycles. The summed E-state index contributed by atoms with van der Waals surface area (Å²) in [7, 11) is 0. The van der Waals surface area contributed by atoms with Gasteiger partial charge in [-0.15, -0.1) is 0 Å². The molecule has 0 aromatic carbocycles. The molecule has 1 aliphatic carbocycles. The molecule has 1 heterocycles. The van der Waals surface area contributed by atoms with Crippen molar-refractivity contribution in [1.29, 1.82) is 0 Å². The van der Waals surface area contributed by atoms with Crippen LogP contribution < -0.4 is 5.32 Å². The van der Waals surface area contributed by atoms with Crippen molar-refractivity contribution in [2.24, 2.45) is 5.92 Å². The van der Waals surface area contributed by atoms with Gasteiger partial charge in [-0.2, -0.15) is 0 Å². The highest BCUT2D eigenvalue weighted by molar-refractivity contribution is 4.97. The van der Waals surface area contributed by atoms with E-state index in [4.69, 9.17) is 4.42 Å². The topological polar surface area (TPSA) is 25.2 Å². The molecule has 2 heteroatoms. The van der Waals surface area contributed by atoms with Gasteiger partial charge in [-0.1, -0.05) is 25.7 Å². The molecule has 0 spiro atoms. The second-order valence-electron chi connectivity index (χ2n) is 4.55. The first-order valence-corrected chi connectivity index (χ1v) is 6.18. The van der Waals surface area contributed by atoms with Crippen molar-refractivity contribution in [1.82, 2.24) is 5.32 Å². The van der Waals surface area contributed by atoms with E-state index >= 15 is 0 Å². The van der Waals surface area contributed by atoms with Crippen molar-refractivity contribution in [3.05, 3.63) is 24.2 Å². The summed E-state index contributed by atoms with van der Waals surface area (Å²) in [4.78, 5) is 0. The molecular weight excluding hydrogens is 186 g/mol. The molecule has 1 aliphatic rings. The second-order valence-corrected chi connectivity index (χ2v) is 4.55. The lowest BCUT2D eigenvalue weighted by Crippen LogP contribution is -2.14. The minimum atomic E-state index is 0.873.